The molecule has 32 heavy (non-hydrogen) atoms. The van der Waals surface area contributed by atoms with Crippen molar-refractivity contribution in [1.29, 1.82) is 0 Å². The third-order valence-corrected chi connectivity index (χ3v) is 5.51. The Morgan fingerprint density at radius 2 is 1.50 bits per heavy atom. The molecule has 0 aliphatic carbocycles. The molecule has 2 aromatic rings. The zero-order chi connectivity index (χ0) is 22.8. The van der Waals surface area contributed by atoms with Crippen molar-refractivity contribution < 1.29 is 19.1 Å². The van der Waals surface area contributed by atoms with Crippen molar-refractivity contribution in [1.82, 2.24) is 4.90 Å². The van der Waals surface area contributed by atoms with Gasteiger partial charge in [-0.3, -0.25) is 19.3 Å². The van der Waals surface area contributed by atoms with Crippen LogP contribution in [0.2, 0.25) is 0 Å². The largest absolute Gasteiger partial charge is 0.466 e. The number of rotatable bonds is 9. The lowest BCUT2D eigenvalue weighted by molar-refractivity contribution is -0.149. The number of carbonyl (C=O) groups excluding carboxylic acids is 3. The molecule has 2 aromatic carbocycles. The van der Waals surface area contributed by atoms with Gasteiger partial charge in [0, 0.05) is 17.8 Å². The van der Waals surface area contributed by atoms with E-state index in [1.54, 1.807) is 24.3 Å². The van der Waals surface area contributed by atoms with Crippen LogP contribution in [0, 0.1) is 5.92 Å². The first-order valence-electron chi connectivity index (χ1n) is 11.2. The van der Waals surface area contributed by atoms with Gasteiger partial charge in [-0.05, 0) is 69.1 Å². The number of piperidine rings is 1. The van der Waals surface area contributed by atoms with Gasteiger partial charge in [-0.25, -0.2) is 0 Å². The molecule has 0 saturated carbocycles. The Bertz CT molecular complexity index is 891. The van der Waals surface area contributed by atoms with E-state index in [0.717, 1.165) is 5.56 Å². The van der Waals surface area contributed by atoms with E-state index >= 15 is 0 Å². The number of esters is 1. The van der Waals surface area contributed by atoms with Crippen molar-refractivity contribution in [2.45, 2.75) is 32.6 Å². The summed E-state index contributed by atoms with van der Waals surface area (Å²) in [7, 11) is 0. The SMILES string of the molecule is CCOC(=O)C1CCN(CC(=O)Nc2ccc(NC(=O)CCc3ccccc3)cc2)CC1. The van der Waals surface area contributed by atoms with Crippen LogP contribution in [0.15, 0.2) is 54.6 Å². The van der Waals surface area contributed by atoms with Gasteiger partial charge in [0.25, 0.3) is 0 Å². The Morgan fingerprint density at radius 3 is 2.09 bits per heavy atom. The third-order valence-electron chi connectivity index (χ3n) is 5.51. The molecule has 1 aliphatic heterocycles. The number of likely N-dealkylation sites (tertiary alicyclic amines) is 1. The van der Waals surface area contributed by atoms with Gasteiger partial charge in [0.15, 0.2) is 0 Å². The molecule has 7 heteroatoms. The van der Waals surface area contributed by atoms with Crippen LogP contribution in [0.1, 0.15) is 31.7 Å². The standard InChI is InChI=1S/C25H31N3O4/c1-2-32-25(31)20-14-16-28(17-15-20)18-24(30)27-22-11-9-21(10-12-22)26-23(29)13-8-19-6-4-3-5-7-19/h3-7,9-12,20H,2,8,13-18H2,1H3,(H,26,29)(H,27,30). The highest BCUT2D eigenvalue weighted by atomic mass is 16.5. The van der Waals surface area contributed by atoms with Gasteiger partial charge >= 0.3 is 5.97 Å². The number of carbonyl (C=O) groups is 3. The summed E-state index contributed by atoms with van der Waals surface area (Å²) in [6.07, 6.45) is 2.53. The fraction of sp³-hybridized carbons (Fsp3) is 0.400. The molecule has 0 radical (unpaired) electrons. The molecular formula is C25H31N3O4. The number of ether oxygens (including phenoxy) is 1. The summed E-state index contributed by atoms with van der Waals surface area (Å²) in [5.41, 5.74) is 2.51. The van der Waals surface area contributed by atoms with Crippen molar-refractivity contribution in [3.05, 3.63) is 60.2 Å². The minimum atomic E-state index is -0.135. The molecule has 2 N–H and O–H groups in total. The van der Waals surface area contributed by atoms with Gasteiger partial charge in [0.2, 0.25) is 11.8 Å². The Balaban J connectivity index is 1.38. The molecule has 1 heterocycles. The van der Waals surface area contributed by atoms with Crippen LogP contribution >= 0.6 is 0 Å². The van der Waals surface area contributed by atoms with Gasteiger partial charge in [-0.1, -0.05) is 30.3 Å². The molecule has 0 unspecified atom stereocenters. The highest BCUT2D eigenvalue weighted by Gasteiger charge is 2.26. The van der Waals surface area contributed by atoms with Crippen molar-refractivity contribution in [3.8, 4) is 0 Å². The second-order valence-electron chi connectivity index (χ2n) is 7.96. The first-order valence-corrected chi connectivity index (χ1v) is 11.2. The Kier molecular flexibility index (Phi) is 8.80. The van der Waals surface area contributed by atoms with E-state index in [4.69, 9.17) is 4.74 Å². The number of hydrogen-bond donors (Lipinski definition) is 2. The second kappa shape index (κ2) is 12.0. The number of aryl methyl sites for hydroxylation is 1. The fourth-order valence-electron chi connectivity index (χ4n) is 3.75. The summed E-state index contributed by atoms with van der Waals surface area (Å²) in [4.78, 5) is 38.4. The van der Waals surface area contributed by atoms with Gasteiger partial charge in [0.1, 0.15) is 0 Å². The molecule has 0 aromatic heterocycles. The van der Waals surface area contributed by atoms with Gasteiger partial charge in [-0.2, -0.15) is 0 Å². The normalized spacial score (nSPS) is 14.5. The maximum absolute atomic E-state index is 12.4. The van der Waals surface area contributed by atoms with Crippen molar-refractivity contribution in [2.24, 2.45) is 5.92 Å². The molecule has 1 fully saturated rings. The highest BCUT2D eigenvalue weighted by molar-refractivity contribution is 5.93. The Hall–Kier alpha value is -3.19. The molecule has 7 nitrogen and oxygen atoms in total. The van der Waals surface area contributed by atoms with Crippen LogP contribution in [0.3, 0.4) is 0 Å². The second-order valence-corrected chi connectivity index (χ2v) is 7.96. The molecule has 3 rings (SSSR count). The molecule has 1 saturated heterocycles. The van der Waals surface area contributed by atoms with E-state index in [1.807, 2.05) is 42.2 Å². The number of benzene rings is 2. The molecular weight excluding hydrogens is 406 g/mol. The monoisotopic (exact) mass is 437 g/mol. The van der Waals surface area contributed by atoms with E-state index < -0.39 is 0 Å². The maximum Gasteiger partial charge on any atom is 0.309 e. The van der Waals surface area contributed by atoms with E-state index in [9.17, 15) is 14.4 Å². The van der Waals surface area contributed by atoms with Crippen LogP contribution in [-0.4, -0.2) is 48.9 Å². The Morgan fingerprint density at radius 1 is 0.906 bits per heavy atom. The zero-order valence-corrected chi connectivity index (χ0v) is 18.5. The smallest absolute Gasteiger partial charge is 0.309 e. The average molecular weight is 438 g/mol. The predicted molar refractivity (Wildman–Crippen MR) is 124 cm³/mol. The Labute approximate surface area is 189 Å². The van der Waals surface area contributed by atoms with Crippen molar-refractivity contribution in [3.63, 3.8) is 0 Å². The minimum absolute atomic E-state index is 0.0446. The maximum atomic E-state index is 12.4. The summed E-state index contributed by atoms with van der Waals surface area (Å²) in [6, 6.07) is 17.0. The quantitative estimate of drug-likeness (QED) is 0.587. The van der Waals surface area contributed by atoms with Crippen LogP contribution in [0.5, 0.6) is 0 Å². The zero-order valence-electron chi connectivity index (χ0n) is 18.5. The average Bonchev–Trinajstić information content (AvgIpc) is 2.80. The van der Waals surface area contributed by atoms with E-state index in [-0.39, 0.29) is 30.2 Å². The van der Waals surface area contributed by atoms with Crippen LogP contribution < -0.4 is 10.6 Å². The van der Waals surface area contributed by atoms with Crippen molar-refractivity contribution in [2.75, 3.05) is 36.9 Å². The molecule has 170 valence electrons. The number of nitrogens with one attached hydrogen (secondary N) is 2. The van der Waals surface area contributed by atoms with E-state index in [0.29, 0.717) is 56.8 Å². The molecule has 1 aliphatic rings. The summed E-state index contributed by atoms with van der Waals surface area (Å²) in [5, 5.41) is 5.77. The summed E-state index contributed by atoms with van der Waals surface area (Å²) in [5.74, 6) is -0.343. The predicted octanol–water partition coefficient (Wildman–Crippen LogP) is 3.47. The van der Waals surface area contributed by atoms with Gasteiger partial charge in [-0.15, -0.1) is 0 Å². The van der Waals surface area contributed by atoms with E-state index in [2.05, 4.69) is 10.6 Å². The molecule has 2 amide bonds. The number of amides is 2. The third kappa shape index (κ3) is 7.50. The van der Waals surface area contributed by atoms with Crippen LogP contribution in [-0.2, 0) is 25.5 Å². The molecule has 0 bridgehead atoms. The van der Waals surface area contributed by atoms with Gasteiger partial charge in [0.05, 0.1) is 19.1 Å². The summed E-state index contributed by atoms with van der Waals surface area (Å²) < 4.78 is 5.08. The highest BCUT2D eigenvalue weighted by Crippen LogP contribution is 2.19. The summed E-state index contributed by atoms with van der Waals surface area (Å²) in [6.45, 7) is 3.89. The lowest BCUT2D eigenvalue weighted by Crippen LogP contribution is -2.41. The van der Waals surface area contributed by atoms with Crippen LogP contribution in [0.25, 0.3) is 0 Å². The van der Waals surface area contributed by atoms with Gasteiger partial charge < -0.3 is 15.4 Å². The van der Waals surface area contributed by atoms with Crippen LogP contribution in [0.4, 0.5) is 11.4 Å². The topological polar surface area (TPSA) is 87.7 Å². The minimum Gasteiger partial charge on any atom is -0.466 e. The number of anilines is 2. The first-order chi connectivity index (χ1) is 15.5. The lowest BCUT2D eigenvalue weighted by Gasteiger charge is -2.30. The van der Waals surface area contributed by atoms with E-state index in [1.165, 1.54) is 0 Å². The number of nitrogens with zero attached hydrogens (tertiary/aromatic N) is 1. The number of hydrogen-bond acceptors (Lipinski definition) is 5. The molecule has 0 atom stereocenters. The van der Waals surface area contributed by atoms with Crippen molar-refractivity contribution >= 4 is 29.2 Å². The first kappa shape index (κ1) is 23.5. The lowest BCUT2D eigenvalue weighted by atomic mass is 9.97. The summed E-state index contributed by atoms with van der Waals surface area (Å²) >= 11 is 0. The fourth-order valence-corrected chi connectivity index (χ4v) is 3.75. The molecule has 0 spiro atoms.